The maximum atomic E-state index is 13.3. The van der Waals surface area contributed by atoms with E-state index in [4.69, 9.17) is 5.14 Å². The van der Waals surface area contributed by atoms with E-state index >= 15 is 0 Å². The summed E-state index contributed by atoms with van der Waals surface area (Å²) >= 11 is 0. The maximum Gasteiger partial charge on any atom is 0.329 e. The van der Waals surface area contributed by atoms with Gasteiger partial charge in [-0.1, -0.05) is 0 Å². The lowest BCUT2D eigenvalue weighted by Crippen LogP contribution is -2.31. The highest BCUT2D eigenvalue weighted by molar-refractivity contribution is 7.89. The number of primary sulfonamides is 1. The van der Waals surface area contributed by atoms with E-state index in [1.807, 2.05) is 0 Å². The Kier molecular flexibility index (Phi) is 3.98. The summed E-state index contributed by atoms with van der Waals surface area (Å²) < 4.78 is 48.8. The zero-order chi connectivity index (χ0) is 17.5. The lowest BCUT2D eigenvalue weighted by atomic mass is 10.3. The summed E-state index contributed by atoms with van der Waals surface area (Å²) in [5.74, 6) is -2.02. The minimum Gasteiger partial charge on any atom is -0.292 e. The molecular formula is C15H13F2N3O3S. The number of benzene rings is 2. The van der Waals surface area contributed by atoms with E-state index in [1.54, 1.807) is 0 Å². The first-order valence-corrected chi connectivity index (χ1v) is 8.49. The average molecular weight is 353 g/mol. The van der Waals surface area contributed by atoms with Crippen molar-refractivity contribution in [2.24, 2.45) is 5.14 Å². The third-order valence-corrected chi connectivity index (χ3v) is 4.63. The van der Waals surface area contributed by atoms with Crippen LogP contribution in [0.5, 0.6) is 0 Å². The van der Waals surface area contributed by atoms with Gasteiger partial charge in [0.15, 0.2) is 11.6 Å². The number of sulfonamides is 1. The second kappa shape index (κ2) is 5.84. The van der Waals surface area contributed by atoms with Gasteiger partial charge in [0.2, 0.25) is 10.0 Å². The Hall–Kier alpha value is -2.52. The molecule has 0 aromatic heterocycles. The second-order valence-corrected chi connectivity index (χ2v) is 6.78. The molecule has 3 rings (SSSR count). The van der Waals surface area contributed by atoms with Crippen LogP contribution in [0.25, 0.3) is 0 Å². The number of nitrogens with zero attached hydrogens (tertiary/aromatic N) is 2. The molecule has 2 aromatic rings. The molecule has 0 radical (unpaired) electrons. The monoisotopic (exact) mass is 353 g/mol. The second-order valence-electron chi connectivity index (χ2n) is 5.22. The summed E-state index contributed by atoms with van der Waals surface area (Å²) in [6.45, 7) is 0.618. The van der Waals surface area contributed by atoms with E-state index in [0.29, 0.717) is 18.8 Å². The number of carbonyl (C=O) groups excluding carboxylic acids is 1. The number of carbonyl (C=O) groups is 1. The van der Waals surface area contributed by atoms with E-state index in [9.17, 15) is 22.0 Å². The van der Waals surface area contributed by atoms with Gasteiger partial charge in [-0.2, -0.15) is 0 Å². The van der Waals surface area contributed by atoms with E-state index in [1.165, 1.54) is 40.1 Å². The number of hydrogen-bond acceptors (Lipinski definition) is 3. The maximum absolute atomic E-state index is 13.3. The summed E-state index contributed by atoms with van der Waals surface area (Å²) in [6.07, 6.45) is 0. The van der Waals surface area contributed by atoms with Crippen LogP contribution in [-0.4, -0.2) is 27.5 Å². The van der Waals surface area contributed by atoms with E-state index < -0.39 is 27.7 Å². The summed E-state index contributed by atoms with van der Waals surface area (Å²) in [5.41, 5.74) is 0.736. The van der Waals surface area contributed by atoms with Crippen molar-refractivity contribution >= 4 is 27.4 Å². The van der Waals surface area contributed by atoms with Crippen molar-refractivity contribution in [1.82, 2.24) is 0 Å². The van der Waals surface area contributed by atoms with Gasteiger partial charge < -0.3 is 0 Å². The van der Waals surface area contributed by atoms with E-state index in [-0.39, 0.29) is 10.6 Å². The van der Waals surface area contributed by atoms with E-state index in [0.717, 1.165) is 12.1 Å². The molecule has 0 saturated carbocycles. The largest absolute Gasteiger partial charge is 0.329 e. The van der Waals surface area contributed by atoms with E-state index in [2.05, 4.69) is 0 Å². The van der Waals surface area contributed by atoms with Crippen molar-refractivity contribution in [2.75, 3.05) is 22.9 Å². The van der Waals surface area contributed by atoms with Crippen molar-refractivity contribution in [3.05, 3.63) is 54.1 Å². The molecular weight excluding hydrogens is 340 g/mol. The van der Waals surface area contributed by atoms with Crippen LogP contribution in [0, 0.1) is 11.6 Å². The lowest BCUT2D eigenvalue weighted by Gasteiger charge is -2.19. The highest BCUT2D eigenvalue weighted by Gasteiger charge is 2.31. The Labute approximate surface area is 137 Å². The van der Waals surface area contributed by atoms with Crippen molar-refractivity contribution in [3.63, 3.8) is 0 Å². The Bertz CT molecular complexity index is 901. The first kappa shape index (κ1) is 16.3. The molecule has 2 N–H and O–H groups in total. The van der Waals surface area contributed by atoms with Gasteiger partial charge in [-0.25, -0.2) is 27.1 Å². The first-order valence-electron chi connectivity index (χ1n) is 6.94. The van der Waals surface area contributed by atoms with Gasteiger partial charge >= 0.3 is 6.03 Å². The standard InChI is InChI=1S/C15H13F2N3O3S/c16-13-6-3-11(9-14(13)17)20-8-7-19(15(20)21)10-1-4-12(5-2-10)24(18,22)23/h1-6,9H,7-8H2,(H2,18,22,23). The molecule has 0 atom stereocenters. The highest BCUT2D eigenvalue weighted by Crippen LogP contribution is 2.26. The normalized spacial score (nSPS) is 15.2. The Balaban J connectivity index is 1.84. The van der Waals surface area contributed by atoms with Gasteiger partial charge in [-0.05, 0) is 36.4 Å². The molecule has 0 unspecified atom stereocenters. The predicted octanol–water partition coefficient (Wildman–Crippen LogP) is 2.06. The van der Waals surface area contributed by atoms with Crippen LogP contribution in [0.1, 0.15) is 0 Å². The third-order valence-electron chi connectivity index (χ3n) is 3.70. The molecule has 0 aliphatic carbocycles. The van der Waals surface area contributed by atoms with Crippen molar-refractivity contribution in [1.29, 1.82) is 0 Å². The molecule has 0 bridgehead atoms. The number of amides is 2. The van der Waals surface area contributed by atoms with Crippen LogP contribution >= 0.6 is 0 Å². The number of nitrogens with two attached hydrogens (primary N) is 1. The summed E-state index contributed by atoms with van der Waals surface area (Å²) in [5, 5.41) is 5.03. The third kappa shape index (κ3) is 2.95. The number of halogens is 2. The van der Waals surface area contributed by atoms with Gasteiger partial charge in [0.25, 0.3) is 0 Å². The fraction of sp³-hybridized carbons (Fsp3) is 0.133. The number of hydrogen-bond donors (Lipinski definition) is 1. The highest BCUT2D eigenvalue weighted by atomic mass is 32.2. The Morgan fingerprint density at radius 1 is 0.875 bits per heavy atom. The average Bonchev–Trinajstić information content (AvgIpc) is 2.91. The van der Waals surface area contributed by atoms with Crippen molar-refractivity contribution < 1.29 is 22.0 Å². The molecule has 1 heterocycles. The van der Waals surface area contributed by atoms with Gasteiger partial charge in [0.1, 0.15) is 0 Å². The number of anilines is 2. The van der Waals surface area contributed by atoms with Gasteiger partial charge in [-0.3, -0.25) is 9.80 Å². The first-order chi connectivity index (χ1) is 11.3. The molecule has 0 spiro atoms. The van der Waals surface area contributed by atoms with Crippen LogP contribution < -0.4 is 14.9 Å². The summed E-state index contributed by atoms with van der Waals surface area (Å²) in [7, 11) is -3.81. The Morgan fingerprint density at radius 2 is 1.42 bits per heavy atom. The lowest BCUT2D eigenvalue weighted by molar-refractivity contribution is 0.256. The Morgan fingerprint density at radius 3 is 1.96 bits per heavy atom. The van der Waals surface area contributed by atoms with Crippen LogP contribution in [0.2, 0.25) is 0 Å². The zero-order valence-electron chi connectivity index (χ0n) is 12.3. The SMILES string of the molecule is NS(=O)(=O)c1ccc(N2CCN(c3ccc(F)c(F)c3)C2=O)cc1. The van der Waals surface area contributed by atoms with Crippen LogP contribution in [0.4, 0.5) is 25.0 Å². The molecule has 6 nitrogen and oxygen atoms in total. The van der Waals surface area contributed by atoms with Crippen LogP contribution in [0.15, 0.2) is 47.4 Å². The number of rotatable bonds is 3. The molecule has 1 fully saturated rings. The van der Waals surface area contributed by atoms with Crippen LogP contribution in [-0.2, 0) is 10.0 Å². The predicted molar refractivity (Wildman–Crippen MR) is 84.3 cm³/mol. The fourth-order valence-electron chi connectivity index (χ4n) is 2.48. The molecule has 1 saturated heterocycles. The van der Waals surface area contributed by atoms with Gasteiger partial charge in [-0.15, -0.1) is 0 Å². The smallest absolute Gasteiger partial charge is 0.292 e. The minimum atomic E-state index is -3.81. The minimum absolute atomic E-state index is 0.0599. The zero-order valence-corrected chi connectivity index (χ0v) is 13.1. The summed E-state index contributed by atoms with van der Waals surface area (Å²) in [4.78, 5) is 15.1. The van der Waals surface area contributed by atoms with Crippen molar-refractivity contribution in [2.45, 2.75) is 4.90 Å². The molecule has 126 valence electrons. The molecule has 9 heteroatoms. The quantitative estimate of drug-likeness (QED) is 0.917. The molecule has 2 aromatic carbocycles. The van der Waals surface area contributed by atoms with Crippen molar-refractivity contribution in [3.8, 4) is 0 Å². The molecule has 24 heavy (non-hydrogen) atoms. The van der Waals surface area contributed by atoms with Crippen LogP contribution in [0.3, 0.4) is 0 Å². The number of urea groups is 1. The van der Waals surface area contributed by atoms with Gasteiger partial charge in [0, 0.05) is 30.5 Å². The topological polar surface area (TPSA) is 83.7 Å². The summed E-state index contributed by atoms with van der Waals surface area (Å²) in [6, 6.07) is 8.37. The molecule has 1 aliphatic rings. The van der Waals surface area contributed by atoms with Gasteiger partial charge in [0.05, 0.1) is 4.90 Å². The molecule has 1 aliphatic heterocycles. The fourth-order valence-corrected chi connectivity index (χ4v) is 3.00. The molecule has 2 amide bonds.